The summed E-state index contributed by atoms with van der Waals surface area (Å²) in [6.45, 7) is 3.17. The Morgan fingerprint density at radius 3 is 2.50 bits per heavy atom. The van der Waals surface area contributed by atoms with Crippen LogP contribution in [0.4, 0.5) is 0 Å². The van der Waals surface area contributed by atoms with Gasteiger partial charge in [0.25, 0.3) is 5.91 Å². The van der Waals surface area contributed by atoms with Gasteiger partial charge in [0.05, 0.1) is 19.4 Å². The molecule has 0 spiro atoms. The normalized spacial score (nSPS) is 10.2. The quantitative estimate of drug-likeness (QED) is 0.723. The standard InChI is InChI=1S/C17H21NO4/c1-2-3-10-20-14-6-8-15(9-7-14)22-13-17(19)18-12-16-5-4-11-21-16/h4-9,11H,2-3,10,12-13H2,1H3,(H,18,19). The molecule has 0 saturated carbocycles. The molecule has 0 aliphatic carbocycles. The minimum absolute atomic E-state index is 0.0310. The number of furan rings is 1. The zero-order valence-corrected chi connectivity index (χ0v) is 12.7. The van der Waals surface area contributed by atoms with Crippen LogP contribution in [0.3, 0.4) is 0 Å². The number of rotatable bonds is 9. The van der Waals surface area contributed by atoms with Gasteiger partial charge in [0.1, 0.15) is 17.3 Å². The molecule has 2 aromatic rings. The van der Waals surface area contributed by atoms with Crippen molar-refractivity contribution in [2.45, 2.75) is 26.3 Å². The van der Waals surface area contributed by atoms with Crippen LogP contribution in [-0.2, 0) is 11.3 Å². The van der Waals surface area contributed by atoms with Crippen molar-refractivity contribution in [1.82, 2.24) is 5.32 Å². The highest BCUT2D eigenvalue weighted by molar-refractivity contribution is 5.77. The molecule has 0 saturated heterocycles. The lowest BCUT2D eigenvalue weighted by Crippen LogP contribution is -2.28. The second kappa shape index (κ2) is 8.77. The molecular weight excluding hydrogens is 282 g/mol. The fourth-order valence-corrected chi connectivity index (χ4v) is 1.77. The summed E-state index contributed by atoms with van der Waals surface area (Å²) >= 11 is 0. The van der Waals surface area contributed by atoms with Gasteiger partial charge in [0.15, 0.2) is 6.61 Å². The van der Waals surface area contributed by atoms with Gasteiger partial charge < -0.3 is 19.2 Å². The molecule has 0 bridgehead atoms. The highest BCUT2D eigenvalue weighted by Gasteiger charge is 2.04. The summed E-state index contributed by atoms with van der Waals surface area (Å²) in [7, 11) is 0. The maximum atomic E-state index is 11.7. The molecule has 1 N–H and O–H groups in total. The number of carbonyl (C=O) groups is 1. The van der Waals surface area contributed by atoms with E-state index in [1.54, 1.807) is 30.5 Å². The average molecular weight is 303 g/mol. The Bertz CT molecular complexity index is 549. The Labute approximate surface area is 130 Å². The molecule has 0 aliphatic heterocycles. The van der Waals surface area contributed by atoms with Crippen LogP contribution in [0, 0.1) is 0 Å². The van der Waals surface area contributed by atoms with Gasteiger partial charge in [-0.1, -0.05) is 13.3 Å². The molecule has 1 amide bonds. The first-order chi connectivity index (χ1) is 10.8. The van der Waals surface area contributed by atoms with Gasteiger partial charge in [-0.3, -0.25) is 4.79 Å². The van der Waals surface area contributed by atoms with Gasteiger partial charge in [-0.05, 0) is 42.8 Å². The molecule has 0 aliphatic rings. The first-order valence-corrected chi connectivity index (χ1v) is 7.42. The van der Waals surface area contributed by atoms with Crippen molar-refractivity contribution in [1.29, 1.82) is 0 Å². The molecule has 5 heteroatoms. The number of hydrogen-bond donors (Lipinski definition) is 1. The third-order valence-electron chi connectivity index (χ3n) is 3.00. The minimum Gasteiger partial charge on any atom is -0.494 e. The van der Waals surface area contributed by atoms with Gasteiger partial charge in [-0.2, -0.15) is 0 Å². The molecule has 1 aromatic carbocycles. The highest BCUT2D eigenvalue weighted by Crippen LogP contribution is 2.17. The van der Waals surface area contributed by atoms with Crippen LogP contribution < -0.4 is 14.8 Å². The monoisotopic (exact) mass is 303 g/mol. The summed E-state index contributed by atoms with van der Waals surface area (Å²) in [5.74, 6) is 1.96. The first kappa shape index (κ1) is 15.9. The summed E-state index contributed by atoms with van der Waals surface area (Å²) in [5, 5.41) is 2.72. The van der Waals surface area contributed by atoms with Crippen LogP contribution in [0.1, 0.15) is 25.5 Å². The number of nitrogens with one attached hydrogen (secondary N) is 1. The molecule has 5 nitrogen and oxygen atoms in total. The number of amides is 1. The fourth-order valence-electron chi connectivity index (χ4n) is 1.77. The zero-order chi connectivity index (χ0) is 15.6. The number of benzene rings is 1. The molecular formula is C17H21NO4. The average Bonchev–Trinajstić information content (AvgIpc) is 3.06. The number of unbranched alkanes of at least 4 members (excludes halogenated alkanes) is 1. The van der Waals surface area contributed by atoms with Crippen LogP contribution in [0.25, 0.3) is 0 Å². The second-order valence-corrected chi connectivity index (χ2v) is 4.82. The summed E-state index contributed by atoms with van der Waals surface area (Å²) < 4.78 is 16.1. The van der Waals surface area contributed by atoms with Gasteiger partial charge in [-0.15, -0.1) is 0 Å². The first-order valence-electron chi connectivity index (χ1n) is 7.42. The molecule has 0 radical (unpaired) electrons. The van der Waals surface area contributed by atoms with Crippen molar-refractivity contribution in [2.75, 3.05) is 13.2 Å². The van der Waals surface area contributed by atoms with Crippen molar-refractivity contribution < 1.29 is 18.7 Å². The van der Waals surface area contributed by atoms with Crippen LogP contribution in [-0.4, -0.2) is 19.1 Å². The van der Waals surface area contributed by atoms with Crippen LogP contribution in [0.2, 0.25) is 0 Å². The van der Waals surface area contributed by atoms with E-state index in [2.05, 4.69) is 12.2 Å². The molecule has 0 atom stereocenters. The largest absolute Gasteiger partial charge is 0.494 e. The maximum absolute atomic E-state index is 11.7. The lowest BCUT2D eigenvalue weighted by molar-refractivity contribution is -0.123. The lowest BCUT2D eigenvalue weighted by Gasteiger charge is -2.08. The van der Waals surface area contributed by atoms with Gasteiger partial charge in [0.2, 0.25) is 0 Å². The van der Waals surface area contributed by atoms with Crippen molar-refractivity contribution >= 4 is 5.91 Å². The van der Waals surface area contributed by atoms with E-state index in [4.69, 9.17) is 13.9 Å². The third-order valence-corrected chi connectivity index (χ3v) is 3.00. The van der Waals surface area contributed by atoms with Gasteiger partial charge >= 0.3 is 0 Å². The van der Waals surface area contributed by atoms with E-state index < -0.39 is 0 Å². The van der Waals surface area contributed by atoms with Crippen molar-refractivity contribution in [3.8, 4) is 11.5 Å². The van der Waals surface area contributed by atoms with E-state index in [-0.39, 0.29) is 12.5 Å². The van der Waals surface area contributed by atoms with Gasteiger partial charge in [-0.25, -0.2) is 0 Å². The summed E-state index contributed by atoms with van der Waals surface area (Å²) in [6.07, 6.45) is 3.71. The topological polar surface area (TPSA) is 60.7 Å². The Morgan fingerprint density at radius 2 is 1.86 bits per heavy atom. The number of carbonyl (C=O) groups excluding carboxylic acids is 1. The minimum atomic E-state index is -0.195. The van der Waals surface area contributed by atoms with E-state index in [1.807, 2.05) is 12.1 Å². The lowest BCUT2D eigenvalue weighted by atomic mass is 10.3. The van der Waals surface area contributed by atoms with Crippen LogP contribution in [0.15, 0.2) is 47.1 Å². The van der Waals surface area contributed by atoms with E-state index >= 15 is 0 Å². The van der Waals surface area contributed by atoms with Gasteiger partial charge in [0, 0.05) is 0 Å². The SMILES string of the molecule is CCCCOc1ccc(OCC(=O)NCc2ccco2)cc1. The highest BCUT2D eigenvalue weighted by atomic mass is 16.5. The number of ether oxygens (including phenoxy) is 2. The molecule has 1 heterocycles. The summed E-state index contributed by atoms with van der Waals surface area (Å²) in [6, 6.07) is 10.8. The van der Waals surface area contributed by atoms with Crippen LogP contribution >= 0.6 is 0 Å². The van der Waals surface area contributed by atoms with E-state index in [1.165, 1.54) is 0 Å². The molecule has 1 aromatic heterocycles. The molecule has 22 heavy (non-hydrogen) atoms. The maximum Gasteiger partial charge on any atom is 0.258 e. The van der Waals surface area contributed by atoms with E-state index in [9.17, 15) is 4.79 Å². The predicted molar refractivity (Wildman–Crippen MR) is 82.9 cm³/mol. The Hall–Kier alpha value is -2.43. The van der Waals surface area contributed by atoms with Crippen molar-refractivity contribution in [3.05, 3.63) is 48.4 Å². The molecule has 2 rings (SSSR count). The Morgan fingerprint density at radius 1 is 1.14 bits per heavy atom. The van der Waals surface area contributed by atoms with E-state index in [0.717, 1.165) is 18.6 Å². The smallest absolute Gasteiger partial charge is 0.258 e. The molecule has 0 unspecified atom stereocenters. The Balaban J connectivity index is 1.68. The summed E-state index contributed by atoms with van der Waals surface area (Å²) in [5.41, 5.74) is 0. The molecule has 0 fully saturated rings. The summed E-state index contributed by atoms with van der Waals surface area (Å²) in [4.78, 5) is 11.7. The zero-order valence-electron chi connectivity index (χ0n) is 12.7. The number of hydrogen-bond acceptors (Lipinski definition) is 4. The predicted octanol–water partition coefficient (Wildman–Crippen LogP) is 3.15. The van der Waals surface area contributed by atoms with Crippen LogP contribution in [0.5, 0.6) is 11.5 Å². The third kappa shape index (κ3) is 5.52. The van der Waals surface area contributed by atoms with Crippen molar-refractivity contribution in [2.24, 2.45) is 0 Å². The van der Waals surface area contributed by atoms with E-state index in [0.29, 0.717) is 24.7 Å². The second-order valence-electron chi connectivity index (χ2n) is 4.82. The fraction of sp³-hybridized carbons (Fsp3) is 0.353. The van der Waals surface area contributed by atoms with Crippen molar-refractivity contribution in [3.63, 3.8) is 0 Å². The molecule has 118 valence electrons. The Kier molecular flexibility index (Phi) is 6.36.